The largest absolute Gasteiger partial charge is 0.478 e. The van der Waals surface area contributed by atoms with Crippen LogP contribution in [-0.4, -0.2) is 58.6 Å². The molecule has 0 spiro atoms. The van der Waals surface area contributed by atoms with Crippen molar-refractivity contribution >= 4 is 37.8 Å². The second kappa shape index (κ2) is 14.0. The molecule has 0 amide bonds. The molecule has 3 N–H and O–H groups in total. The fourth-order valence-electron chi connectivity index (χ4n) is 6.48. The lowest BCUT2D eigenvalue weighted by molar-refractivity contribution is 0.0697. The zero-order valence-corrected chi connectivity index (χ0v) is 30.4. The molecule has 0 unspecified atom stereocenters. The number of carboxylic acids is 1. The van der Waals surface area contributed by atoms with Crippen LogP contribution in [0.2, 0.25) is 0 Å². The van der Waals surface area contributed by atoms with Gasteiger partial charge in [0.2, 0.25) is 10.0 Å². The Morgan fingerprint density at radius 2 is 1.09 bits per heavy atom. The molecule has 4 aromatic heterocycles. The van der Waals surface area contributed by atoms with Crippen LogP contribution in [-0.2, 0) is 37.0 Å². The predicted molar refractivity (Wildman–Crippen MR) is 204 cm³/mol. The summed E-state index contributed by atoms with van der Waals surface area (Å²) >= 11 is 0. The van der Waals surface area contributed by atoms with Crippen LogP contribution in [0.25, 0.3) is 55.7 Å². The molecule has 8 aromatic rings. The van der Waals surface area contributed by atoms with Gasteiger partial charge < -0.3 is 5.11 Å². The Morgan fingerprint density at radius 1 is 0.660 bits per heavy atom. The summed E-state index contributed by atoms with van der Waals surface area (Å²) in [4.78, 5) is 11.1. The lowest BCUT2D eigenvalue weighted by atomic mass is 10.1. The Morgan fingerprint density at radius 3 is 1.49 bits per heavy atom. The molecule has 268 valence electrons. The van der Waals surface area contributed by atoms with Crippen molar-refractivity contribution in [2.75, 3.05) is 0 Å². The molecule has 4 heterocycles. The standard InChI is InChI=1S/C20H18N4O2.C19H19N5O2S/c1-3-17-16-9-6-14(12-19(16)23(2)22-17)18-10-11-21-24(18)15-7-4-13(5-8-15)20(25)26;1-3-17-16-9-4-13(12-19(16)23(2)22-17)18-10-11-21-24(18)14-5-7-15(8-6-14)27(20,25)26/h4-12H,3H2,1-2H3,(H,25,26);4-12H,3H2,1-2H3,(H2,20,25,26). The molecule has 4 aromatic carbocycles. The van der Waals surface area contributed by atoms with Gasteiger partial charge >= 0.3 is 5.97 Å². The van der Waals surface area contributed by atoms with Gasteiger partial charge in [0, 0.05) is 36.0 Å². The number of rotatable bonds is 8. The van der Waals surface area contributed by atoms with Crippen molar-refractivity contribution in [3.63, 3.8) is 0 Å². The SMILES string of the molecule is CCc1nn(C)c2cc(-c3ccnn3-c3ccc(C(=O)O)cc3)ccc12.CCc1nn(C)c2cc(-c3ccnn3-c3ccc(S(N)(=O)=O)cc3)ccc12. The molecule has 13 nitrogen and oxygen atoms in total. The van der Waals surface area contributed by atoms with Crippen molar-refractivity contribution in [3.8, 4) is 33.9 Å². The summed E-state index contributed by atoms with van der Waals surface area (Å²) in [6.45, 7) is 4.20. The van der Waals surface area contributed by atoms with Gasteiger partial charge in [-0.05, 0) is 85.6 Å². The maximum atomic E-state index is 11.4. The second-order valence-corrected chi connectivity index (χ2v) is 14.0. The number of nitrogens with two attached hydrogens (primary N) is 1. The van der Waals surface area contributed by atoms with Crippen molar-refractivity contribution in [2.45, 2.75) is 31.6 Å². The summed E-state index contributed by atoms with van der Waals surface area (Å²) < 4.78 is 30.3. The number of primary sulfonamides is 1. The topological polar surface area (TPSA) is 169 Å². The molecule has 0 saturated heterocycles. The number of hydrogen-bond acceptors (Lipinski definition) is 7. The Hall–Kier alpha value is -6.38. The lowest BCUT2D eigenvalue weighted by Crippen LogP contribution is -2.12. The van der Waals surface area contributed by atoms with Crippen LogP contribution < -0.4 is 5.14 Å². The van der Waals surface area contributed by atoms with Gasteiger partial charge in [-0.1, -0.05) is 38.1 Å². The van der Waals surface area contributed by atoms with E-state index >= 15 is 0 Å². The summed E-state index contributed by atoms with van der Waals surface area (Å²) in [6, 6.07) is 29.4. The maximum absolute atomic E-state index is 11.4. The number of aryl methyl sites for hydroxylation is 4. The van der Waals surface area contributed by atoms with Gasteiger partial charge in [0.05, 0.1) is 68.0 Å². The second-order valence-electron chi connectivity index (χ2n) is 12.5. The molecular formula is C39H37N9O4S. The molecule has 0 atom stereocenters. The Labute approximate surface area is 305 Å². The van der Waals surface area contributed by atoms with Crippen molar-refractivity contribution < 1.29 is 18.3 Å². The number of sulfonamides is 1. The molecule has 0 aliphatic carbocycles. The van der Waals surface area contributed by atoms with E-state index < -0.39 is 16.0 Å². The summed E-state index contributed by atoms with van der Waals surface area (Å²) in [6.07, 6.45) is 5.23. The number of carboxylic acid groups (broad SMARTS) is 1. The van der Waals surface area contributed by atoms with E-state index in [9.17, 15) is 13.2 Å². The first kappa shape index (κ1) is 35.0. The van der Waals surface area contributed by atoms with E-state index in [4.69, 9.17) is 10.2 Å². The van der Waals surface area contributed by atoms with E-state index in [1.807, 2.05) is 40.3 Å². The predicted octanol–water partition coefficient (Wildman–Crippen LogP) is 6.32. The Kier molecular flexibility index (Phi) is 9.24. The van der Waals surface area contributed by atoms with Gasteiger partial charge in [-0.15, -0.1) is 0 Å². The van der Waals surface area contributed by atoms with E-state index in [1.54, 1.807) is 53.5 Å². The molecular weight excluding hydrogens is 691 g/mol. The van der Waals surface area contributed by atoms with Gasteiger partial charge in [-0.3, -0.25) is 9.36 Å². The van der Waals surface area contributed by atoms with Crippen molar-refractivity contribution in [3.05, 3.63) is 126 Å². The van der Waals surface area contributed by atoms with E-state index in [-0.39, 0.29) is 10.5 Å². The number of hydrogen-bond donors (Lipinski definition) is 2. The molecule has 14 heteroatoms. The van der Waals surface area contributed by atoms with Gasteiger partial charge in [-0.2, -0.15) is 20.4 Å². The van der Waals surface area contributed by atoms with Crippen LogP contribution in [0, 0.1) is 0 Å². The number of aromatic nitrogens is 8. The zero-order valence-electron chi connectivity index (χ0n) is 29.5. The third-order valence-electron chi connectivity index (χ3n) is 9.17. The third-order valence-corrected chi connectivity index (χ3v) is 10.1. The Balaban J connectivity index is 0.000000164. The minimum Gasteiger partial charge on any atom is -0.478 e. The molecule has 8 rings (SSSR count). The van der Waals surface area contributed by atoms with Crippen molar-refractivity contribution in [1.29, 1.82) is 0 Å². The van der Waals surface area contributed by atoms with Gasteiger partial charge in [-0.25, -0.2) is 27.7 Å². The number of fused-ring (bicyclic) bond motifs is 2. The average molecular weight is 728 g/mol. The van der Waals surface area contributed by atoms with Crippen molar-refractivity contribution in [2.24, 2.45) is 19.2 Å². The van der Waals surface area contributed by atoms with E-state index in [1.165, 1.54) is 12.1 Å². The smallest absolute Gasteiger partial charge is 0.335 e. The fourth-order valence-corrected chi connectivity index (χ4v) is 7.00. The van der Waals surface area contributed by atoms with Crippen LogP contribution in [0.4, 0.5) is 0 Å². The highest BCUT2D eigenvalue weighted by Crippen LogP contribution is 2.30. The first-order chi connectivity index (χ1) is 25.5. The van der Waals surface area contributed by atoms with E-state index in [0.717, 1.165) is 79.9 Å². The fraction of sp³-hybridized carbons (Fsp3) is 0.154. The number of benzene rings is 4. The van der Waals surface area contributed by atoms with Crippen molar-refractivity contribution in [1.82, 2.24) is 39.1 Å². The normalized spacial score (nSPS) is 11.6. The quantitative estimate of drug-likeness (QED) is 0.183. The highest BCUT2D eigenvalue weighted by molar-refractivity contribution is 7.89. The van der Waals surface area contributed by atoms with E-state index in [0.29, 0.717) is 0 Å². The van der Waals surface area contributed by atoms with Crippen LogP contribution in [0.3, 0.4) is 0 Å². The molecule has 0 bridgehead atoms. The zero-order chi connectivity index (χ0) is 37.4. The molecule has 0 aliphatic heterocycles. The molecule has 0 saturated carbocycles. The Bertz CT molecular complexity index is 2720. The minimum atomic E-state index is -3.72. The molecule has 53 heavy (non-hydrogen) atoms. The van der Waals surface area contributed by atoms with Gasteiger partial charge in [0.1, 0.15) is 0 Å². The average Bonchev–Trinajstić information content (AvgIpc) is 3.97. The lowest BCUT2D eigenvalue weighted by Gasteiger charge is -2.09. The number of nitrogens with zero attached hydrogens (tertiary/aromatic N) is 8. The minimum absolute atomic E-state index is 0.0726. The van der Waals surface area contributed by atoms with Crippen LogP contribution >= 0.6 is 0 Å². The monoisotopic (exact) mass is 727 g/mol. The summed E-state index contributed by atoms with van der Waals surface area (Å²) in [7, 11) is 0.171. The van der Waals surface area contributed by atoms with Crippen LogP contribution in [0.15, 0.2) is 114 Å². The first-order valence-corrected chi connectivity index (χ1v) is 18.5. The third kappa shape index (κ3) is 6.72. The summed E-state index contributed by atoms with van der Waals surface area (Å²) in [5.41, 5.74) is 9.99. The molecule has 0 radical (unpaired) electrons. The summed E-state index contributed by atoms with van der Waals surface area (Å²) in [5.74, 6) is -0.939. The number of carbonyl (C=O) groups is 1. The van der Waals surface area contributed by atoms with Gasteiger partial charge in [0.15, 0.2) is 0 Å². The van der Waals surface area contributed by atoms with Crippen LogP contribution in [0.1, 0.15) is 35.6 Å². The molecule has 0 aliphatic rings. The highest BCUT2D eigenvalue weighted by atomic mass is 32.2. The number of aromatic carboxylic acids is 1. The van der Waals surface area contributed by atoms with E-state index in [2.05, 4.69) is 70.6 Å². The first-order valence-electron chi connectivity index (χ1n) is 16.9. The maximum Gasteiger partial charge on any atom is 0.335 e. The summed E-state index contributed by atoms with van der Waals surface area (Å²) in [5, 5.41) is 34.5. The molecule has 0 fully saturated rings. The van der Waals surface area contributed by atoms with Crippen LogP contribution in [0.5, 0.6) is 0 Å². The van der Waals surface area contributed by atoms with Gasteiger partial charge in [0.25, 0.3) is 0 Å². The highest BCUT2D eigenvalue weighted by Gasteiger charge is 2.15.